The van der Waals surface area contributed by atoms with Crippen molar-refractivity contribution in [2.75, 3.05) is 23.7 Å². The molecule has 0 spiro atoms. The molecule has 1 N–H and O–H groups in total. The number of hydrogen-bond acceptors (Lipinski definition) is 4. The fourth-order valence-electron chi connectivity index (χ4n) is 3.11. The van der Waals surface area contributed by atoms with E-state index in [0.29, 0.717) is 16.7 Å². The fourth-order valence-corrected chi connectivity index (χ4v) is 4.79. The molecule has 0 heterocycles. The van der Waals surface area contributed by atoms with E-state index in [9.17, 15) is 18.0 Å². The summed E-state index contributed by atoms with van der Waals surface area (Å²) in [5, 5.41) is 2.86. The van der Waals surface area contributed by atoms with Crippen LogP contribution in [0.5, 0.6) is 0 Å². The van der Waals surface area contributed by atoms with Gasteiger partial charge in [0, 0.05) is 22.0 Å². The highest BCUT2D eigenvalue weighted by molar-refractivity contribution is 9.10. The highest BCUT2D eigenvalue weighted by atomic mass is 79.9. The Labute approximate surface area is 212 Å². The molecule has 0 saturated carbocycles. The number of anilines is 1. The fraction of sp³-hybridized carbons (Fsp3) is 0.391. The van der Waals surface area contributed by atoms with Crippen LogP contribution in [0.3, 0.4) is 0 Å². The van der Waals surface area contributed by atoms with Crippen molar-refractivity contribution in [3.8, 4) is 0 Å². The van der Waals surface area contributed by atoms with E-state index >= 15 is 0 Å². The molecule has 1 atom stereocenters. The van der Waals surface area contributed by atoms with E-state index in [1.807, 2.05) is 38.1 Å². The molecule has 33 heavy (non-hydrogen) atoms. The van der Waals surface area contributed by atoms with Crippen LogP contribution in [0, 0.1) is 5.92 Å². The summed E-state index contributed by atoms with van der Waals surface area (Å²) in [6.45, 7) is 5.83. The number of hydrogen-bond donors (Lipinski definition) is 1. The Morgan fingerprint density at radius 2 is 1.61 bits per heavy atom. The lowest BCUT2D eigenvalue weighted by Gasteiger charge is -2.31. The van der Waals surface area contributed by atoms with Crippen molar-refractivity contribution >= 4 is 59.4 Å². The second kappa shape index (κ2) is 12.0. The van der Waals surface area contributed by atoms with Gasteiger partial charge >= 0.3 is 0 Å². The van der Waals surface area contributed by atoms with Crippen LogP contribution in [-0.4, -0.2) is 50.5 Å². The average molecular weight is 603 g/mol. The number of carbonyl (C=O) groups excluding carboxylic acids is 2. The van der Waals surface area contributed by atoms with Gasteiger partial charge in [-0.1, -0.05) is 63.9 Å². The Bertz CT molecular complexity index is 1090. The van der Waals surface area contributed by atoms with Gasteiger partial charge in [-0.05, 0) is 48.7 Å². The van der Waals surface area contributed by atoms with E-state index in [2.05, 4.69) is 37.2 Å². The minimum Gasteiger partial charge on any atom is -0.354 e. The third-order valence-corrected chi connectivity index (χ3v) is 7.00. The van der Waals surface area contributed by atoms with Crippen molar-refractivity contribution < 1.29 is 18.0 Å². The van der Waals surface area contributed by atoms with Crippen LogP contribution in [0.25, 0.3) is 0 Å². The first-order valence-electron chi connectivity index (χ1n) is 10.4. The van der Waals surface area contributed by atoms with E-state index in [4.69, 9.17) is 0 Å². The first-order valence-corrected chi connectivity index (χ1v) is 13.9. The number of benzene rings is 2. The van der Waals surface area contributed by atoms with Crippen molar-refractivity contribution in [2.45, 2.75) is 33.4 Å². The molecule has 0 aliphatic heterocycles. The quantitative estimate of drug-likeness (QED) is 0.442. The van der Waals surface area contributed by atoms with Gasteiger partial charge in [-0.25, -0.2) is 8.42 Å². The summed E-state index contributed by atoms with van der Waals surface area (Å²) < 4.78 is 27.7. The van der Waals surface area contributed by atoms with E-state index in [0.717, 1.165) is 20.6 Å². The molecule has 10 heteroatoms. The Morgan fingerprint density at radius 1 is 1.00 bits per heavy atom. The summed E-state index contributed by atoms with van der Waals surface area (Å²) in [6, 6.07) is 13.4. The smallest absolute Gasteiger partial charge is 0.244 e. The highest BCUT2D eigenvalue weighted by Crippen LogP contribution is 2.23. The molecule has 180 valence electrons. The molecule has 7 nitrogen and oxygen atoms in total. The van der Waals surface area contributed by atoms with E-state index < -0.39 is 28.5 Å². The van der Waals surface area contributed by atoms with Crippen LogP contribution in [0.15, 0.2) is 57.5 Å². The highest BCUT2D eigenvalue weighted by Gasteiger charge is 2.30. The molecule has 2 amide bonds. The van der Waals surface area contributed by atoms with Gasteiger partial charge in [-0.2, -0.15) is 0 Å². The predicted molar refractivity (Wildman–Crippen MR) is 138 cm³/mol. The summed E-state index contributed by atoms with van der Waals surface area (Å²) in [7, 11) is -3.75. The maximum Gasteiger partial charge on any atom is 0.244 e. The molecule has 0 aliphatic rings. The Balaban J connectivity index is 2.36. The maximum atomic E-state index is 13.4. The molecule has 0 unspecified atom stereocenters. The SMILES string of the molecule is CC(C)CNC(=O)[C@@H](C)N(Cc1cccc(Br)c1)C(=O)CN(c1cccc(Br)c1)S(C)(=O)=O. The normalized spacial score (nSPS) is 12.3. The third-order valence-electron chi connectivity index (χ3n) is 4.87. The number of carbonyl (C=O) groups is 2. The summed E-state index contributed by atoms with van der Waals surface area (Å²) >= 11 is 6.77. The van der Waals surface area contributed by atoms with E-state index in [1.54, 1.807) is 31.2 Å². The number of rotatable bonds is 10. The van der Waals surface area contributed by atoms with Crippen LogP contribution >= 0.6 is 31.9 Å². The van der Waals surface area contributed by atoms with Gasteiger partial charge in [0.15, 0.2) is 0 Å². The van der Waals surface area contributed by atoms with Crippen molar-refractivity contribution in [2.24, 2.45) is 5.92 Å². The molecule has 0 saturated heterocycles. The zero-order valence-corrected chi connectivity index (χ0v) is 23.1. The van der Waals surface area contributed by atoms with Crippen molar-refractivity contribution in [3.63, 3.8) is 0 Å². The number of halogens is 2. The summed E-state index contributed by atoms with van der Waals surface area (Å²) in [5.74, 6) is -0.513. The number of nitrogens with zero attached hydrogens (tertiary/aromatic N) is 2. The lowest BCUT2D eigenvalue weighted by Crippen LogP contribution is -2.51. The molecule has 0 fully saturated rings. The van der Waals surface area contributed by atoms with Crippen LogP contribution in [0.1, 0.15) is 26.3 Å². The Morgan fingerprint density at radius 3 is 2.15 bits per heavy atom. The molecule has 0 radical (unpaired) electrons. The third kappa shape index (κ3) is 8.42. The topological polar surface area (TPSA) is 86.8 Å². The zero-order chi connectivity index (χ0) is 24.8. The van der Waals surface area contributed by atoms with Gasteiger partial charge in [0.05, 0.1) is 11.9 Å². The van der Waals surface area contributed by atoms with E-state index in [-0.39, 0.29) is 18.4 Å². The average Bonchev–Trinajstić information content (AvgIpc) is 2.72. The summed E-state index contributed by atoms with van der Waals surface area (Å²) in [5.41, 5.74) is 1.18. The molecular formula is C23H29Br2N3O4S. The first kappa shape index (κ1) is 27.3. The van der Waals surface area contributed by atoms with Gasteiger partial charge in [-0.3, -0.25) is 13.9 Å². The standard InChI is InChI=1S/C23H29Br2N3O4S/c1-16(2)13-26-23(30)17(3)27(14-18-7-5-8-19(24)11-18)22(29)15-28(33(4,31)32)21-10-6-9-20(25)12-21/h5-12,16-17H,13-15H2,1-4H3,(H,26,30)/t17-/m1/s1. The lowest BCUT2D eigenvalue weighted by molar-refractivity contribution is -0.139. The molecule has 2 aromatic rings. The minimum atomic E-state index is -3.75. The molecular weight excluding hydrogens is 574 g/mol. The second-order valence-electron chi connectivity index (χ2n) is 8.22. The monoisotopic (exact) mass is 601 g/mol. The molecule has 2 aromatic carbocycles. The van der Waals surface area contributed by atoms with Gasteiger partial charge in [0.25, 0.3) is 0 Å². The molecule has 0 aliphatic carbocycles. The second-order valence-corrected chi connectivity index (χ2v) is 12.0. The van der Waals surface area contributed by atoms with Gasteiger partial charge in [0.1, 0.15) is 12.6 Å². The minimum absolute atomic E-state index is 0.157. The van der Waals surface area contributed by atoms with E-state index in [1.165, 1.54) is 4.90 Å². The van der Waals surface area contributed by atoms with Crippen LogP contribution in [-0.2, 0) is 26.2 Å². The molecule has 0 aromatic heterocycles. The van der Waals surface area contributed by atoms with Crippen molar-refractivity contribution in [3.05, 3.63) is 63.0 Å². The van der Waals surface area contributed by atoms with Gasteiger partial charge < -0.3 is 10.2 Å². The van der Waals surface area contributed by atoms with Gasteiger partial charge in [0.2, 0.25) is 21.8 Å². The lowest BCUT2D eigenvalue weighted by atomic mass is 10.1. The largest absolute Gasteiger partial charge is 0.354 e. The predicted octanol–water partition coefficient (Wildman–Crippen LogP) is 4.17. The van der Waals surface area contributed by atoms with Crippen LogP contribution in [0.4, 0.5) is 5.69 Å². The van der Waals surface area contributed by atoms with Crippen molar-refractivity contribution in [1.82, 2.24) is 10.2 Å². The van der Waals surface area contributed by atoms with Crippen LogP contribution in [0.2, 0.25) is 0 Å². The summed E-state index contributed by atoms with van der Waals surface area (Å²) in [6.07, 6.45) is 1.05. The Kier molecular flexibility index (Phi) is 9.93. The van der Waals surface area contributed by atoms with Crippen LogP contribution < -0.4 is 9.62 Å². The van der Waals surface area contributed by atoms with Crippen molar-refractivity contribution in [1.29, 1.82) is 0 Å². The molecule has 2 rings (SSSR count). The summed E-state index contributed by atoms with van der Waals surface area (Å²) in [4.78, 5) is 27.7. The van der Waals surface area contributed by atoms with Gasteiger partial charge in [-0.15, -0.1) is 0 Å². The Hall–Kier alpha value is -1.91. The molecule has 0 bridgehead atoms. The first-order chi connectivity index (χ1) is 15.4. The number of nitrogens with one attached hydrogen (secondary N) is 1. The maximum absolute atomic E-state index is 13.4. The number of amides is 2. The number of sulfonamides is 1. The zero-order valence-electron chi connectivity index (χ0n) is 19.1.